The first-order chi connectivity index (χ1) is 7.65. The second kappa shape index (κ2) is 5.92. The molecule has 16 heavy (non-hydrogen) atoms. The Balaban J connectivity index is 2.62. The maximum absolute atomic E-state index is 12.9. The molecule has 1 aromatic rings. The first-order valence-corrected chi connectivity index (χ1v) is 5.61. The molecule has 0 aromatic carbocycles. The fourth-order valence-electron chi connectivity index (χ4n) is 1.62. The van der Waals surface area contributed by atoms with Crippen molar-refractivity contribution >= 4 is 0 Å². The number of aliphatic hydroxyl groups excluding tert-OH is 1. The van der Waals surface area contributed by atoms with E-state index in [1.807, 2.05) is 13.8 Å². The Labute approximate surface area is 95.7 Å². The van der Waals surface area contributed by atoms with Gasteiger partial charge in [-0.1, -0.05) is 13.8 Å². The third-order valence-corrected chi connectivity index (χ3v) is 3.09. The molecule has 90 valence electrons. The van der Waals surface area contributed by atoms with Gasteiger partial charge in [0.15, 0.2) is 0 Å². The number of hydrogen-bond acceptors (Lipinski definition) is 3. The predicted octanol–water partition coefficient (Wildman–Crippen LogP) is 1.86. The lowest BCUT2D eigenvalue weighted by atomic mass is 9.93. The van der Waals surface area contributed by atoms with Gasteiger partial charge in [-0.25, -0.2) is 4.39 Å². The van der Waals surface area contributed by atoms with Crippen LogP contribution in [0.25, 0.3) is 0 Å². The molecule has 0 aliphatic carbocycles. The number of rotatable bonds is 6. The fraction of sp³-hybridized carbons (Fsp3) is 0.583. The third kappa shape index (κ3) is 3.25. The van der Waals surface area contributed by atoms with Gasteiger partial charge in [0.25, 0.3) is 0 Å². The Morgan fingerprint density at radius 3 is 2.56 bits per heavy atom. The maximum atomic E-state index is 12.9. The van der Waals surface area contributed by atoms with Gasteiger partial charge < -0.3 is 10.4 Å². The molecule has 0 aliphatic rings. The first kappa shape index (κ1) is 13.1. The number of nitrogens with one attached hydrogen (secondary N) is 1. The quantitative estimate of drug-likeness (QED) is 0.778. The van der Waals surface area contributed by atoms with Crippen LogP contribution in [0.1, 0.15) is 32.3 Å². The molecule has 0 unspecified atom stereocenters. The van der Waals surface area contributed by atoms with Crippen molar-refractivity contribution in [2.75, 3.05) is 6.61 Å². The fourth-order valence-corrected chi connectivity index (χ4v) is 1.62. The number of aliphatic hydroxyl groups is 1. The van der Waals surface area contributed by atoms with Crippen LogP contribution in [0, 0.1) is 5.82 Å². The maximum Gasteiger partial charge on any atom is 0.141 e. The van der Waals surface area contributed by atoms with Crippen LogP contribution < -0.4 is 5.32 Å². The van der Waals surface area contributed by atoms with Gasteiger partial charge in [-0.15, -0.1) is 0 Å². The lowest BCUT2D eigenvalue weighted by Crippen LogP contribution is -2.47. The van der Waals surface area contributed by atoms with Crippen LogP contribution in [0.4, 0.5) is 4.39 Å². The van der Waals surface area contributed by atoms with E-state index in [-0.39, 0.29) is 18.0 Å². The first-order valence-electron chi connectivity index (χ1n) is 5.61. The molecule has 1 rings (SSSR count). The molecule has 4 heteroatoms. The molecule has 1 aromatic heterocycles. The minimum atomic E-state index is -0.332. The normalized spacial score (nSPS) is 11.8. The van der Waals surface area contributed by atoms with Crippen LogP contribution in [-0.2, 0) is 6.54 Å². The van der Waals surface area contributed by atoms with Crippen molar-refractivity contribution in [1.29, 1.82) is 0 Å². The molecule has 0 amide bonds. The average Bonchev–Trinajstić information content (AvgIpc) is 2.32. The van der Waals surface area contributed by atoms with E-state index < -0.39 is 0 Å². The van der Waals surface area contributed by atoms with Crippen molar-refractivity contribution in [3.05, 3.63) is 29.8 Å². The molecule has 0 saturated carbocycles. The van der Waals surface area contributed by atoms with Gasteiger partial charge in [0, 0.05) is 18.3 Å². The summed E-state index contributed by atoms with van der Waals surface area (Å²) in [5.74, 6) is -0.332. The summed E-state index contributed by atoms with van der Waals surface area (Å²) < 4.78 is 12.9. The van der Waals surface area contributed by atoms with Crippen LogP contribution in [0.3, 0.4) is 0 Å². The van der Waals surface area contributed by atoms with E-state index in [2.05, 4.69) is 10.3 Å². The summed E-state index contributed by atoms with van der Waals surface area (Å²) in [6, 6.07) is 1.45. The Kier molecular flexibility index (Phi) is 4.83. The molecule has 2 N–H and O–H groups in total. The van der Waals surface area contributed by atoms with E-state index in [4.69, 9.17) is 0 Å². The molecule has 0 saturated heterocycles. The predicted molar refractivity (Wildman–Crippen MR) is 61.4 cm³/mol. The number of hydrogen-bond donors (Lipinski definition) is 2. The van der Waals surface area contributed by atoms with E-state index in [1.165, 1.54) is 12.3 Å². The standard InChI is InChI=1S/C12H19FN2O/c1-3-12(4-2,9-16)15-7-10-5-11(13)8-14-6-10/h5-6,8,15-16H,3-4,7,9H2,1-2H3. The van der Waals surface area contributed by atoms with E-state index in [0.717, 1.165) is 18.4 Å². The van der Waals surface area contributed by atoms with Gasteiger partial charge in [-0.05, 0) is 24.5 Å². The smallest absolute Gasteiger partial charge is 0.141 e. The Morgan fingerprint density at radius 1 is 1.38 bits per heavy atom. The van der Waals surface area contributed by atoms with Crippen LogP contribution >= 0.6 is 0 Å². The summed E-state index contributed by atoms with van der Waals surface area (Å²) in [5, 5.41) is 12.6. The molecule has 0 spiro atoms. The lowest BCUT2D eigenvalue weighted by Gasteiger charge is -2.30. The number of pyridine rings is 1. The van der Waals surface area contributed by atoms with Crippen LogP contribution in [0.5, 0.6) is 0 Å². The van der Waals surface area contributed by atoms with Crippen molar-refractivity contribution in [2.45, 2.75) is 38.8 Å². The summed E-state index contributed by atoms with van der Waals surface area (Å²) in [7, 11) is 0. The molecule has 0 atom stereocenters. The van der Waals surface area contributed by atoms with E-state index in [1.54, 1.807) is 6.20 Å². The van der Waals surface area contributed by atoms with Gasteiger partial charge in [-0.3, -0.25) is 4.98 Å². The summed E-state index contributed by atoms with van der Waals surface area (Å²) in [4.78, 5) is 3.78. The topological polar surface area (TPSA) is 45.1 Å². The van der Waals surface area contributed by atoms with Crippen molar-refractivity contribution in [1.82, 2.24) is 10.3 Å². The molecule has 0 bridgehead atoms. The van der Waals surface area contributed by atoms with Crippen molar-refractivity contribution in [3.8, 4) is 0 Å². The van der Waals surface area contributed by atoms with Crippen LogP contribution in [0.15, 0.2) is 18.5 Å². The molecule has 3 nitrogen and oxygen atoms in total. The van der Waals surface area contributed by atoms with Gasteiger partial charge >= 0.3 is 0 Å². The van der Waals surface area contributed by atoms with Gasteiger partial charge in [0.05, 0.1) is 12.8 Å². The second-order valence-electron chi connectivity index (χ2n) is 4.01. The molecular weight excluding hydrogens is 207 g/mol. The third-order valence-electron chi connectivity index (χ3n) is 3.09. The molecule has 0 fully saturated rings. The van der Waals surface area contributed by atoms with E-state index >= 15 is 0 Å². The highest BCUT2D eigenvalue weighted by atomic mass is 19.1. The Morgan fingerprint density at radius 2 is 2.06 bits per heavy atom. The number of aromatic nitrogens is 1. The van der Waals surface area contributed by atoms with E-state index in [9.17, 15) is 9.50 Å². The molecule has 0 aliphatic heterocycles. The van der Waals surface area contributed by atoms with Gasteiger partial charge in [-0.2, -0.15) is 0 Å². The Bertz CT molecular complexity index is 318. The van der Waals surface area contributed by atoms with Crippen molar-refractivity contribution < 1.29 is 9.50 Å². The zero-order valence-corrected chi connectivity index (χ0v) is 9.83. The van der Waals surface area contributed by atoms with Crippen LogP contribution in [-0.4, -0.2) is 22.2 Å². The van der Waals surface area contributed by atoms with Gasteiger partial charge in [0.2, 0.25) is 0 Å². The summed E-state index contributed by atoms with van der Waals surface area (Å²) in [6.07, 6.45) is 4.48. The van der Waals surface area contributed by atoms with E-state index in [0.29, 0.717) is 6.54 Å². The highest BCUT2D eigenvalue weighted by Crippen LogP contribution is 2.15. The zero-order valence-electron chi connectivity index (χ0n) is 9.83. The summed E-state index contributed by atoms with van der Waals surface area (Å²) in [5.41, 5.74) is 0.520. The number of nitrogens with zero attached hydrogens (tertiary/aromatic N) is 1. The summed E-state index contributed by atoms with van der Waals surface area (Å²) >= 11 is 0. The molecule has 1 heterocycles. The minimum Gasteiger partial charge on any atom is -0.394 e. The zero-order chi connectivity index (χ0) is 12.0. The average molecular weight is 226 g/mol. The van der Waals surface area contributed by atoms with Gasteiger partial charge in [0.1, 0.15) is 5.82 Å². The molecular formula is C12H19FN2O. The monoisotopic (exact) mass is 226 g/mol. The van der Waals surface area contributed by atoms with Crippen LogP contribution in [0.2, 0.25) is 0 Å². The SMILES string of the molecule is CCC(CC)(CO)NCc1cncc(F)c1. The van der Waals surface area contributed by atoms with Crippen molar-refractivity contribution in [3.63, 3.8) is 0 Å². The number of halogens is 1. The Hall–Kier alpha value is -1.00. The highest BCUT2D eigenvalue weighted by molar-refractivity contribution is 5.10. The minimum absolute atomic E-state index is 0.0861. The largest absolute Gasteiger partial charge is 0.394 e. The highest BCUT2D eigenvalue weighted by Gasteiger charge is 2.23. The molecule has 0 radical (unpaired) electrons. The van der Waals surface area contributed by atoms with Crippen molar-refractivity contribution in [2.24, 2.45) is 0 Å². The lowest BCUT2D eigenvalue weighted by molar-refractivity contribution is 0.149. The second-order valence-corrected chi connectivity index (χ2v) is 4.01. The summed E-state index contributed by atoms with van der Waals surface area (Å²) in [6.45, 7) is 4.66.